The smallest absolute Gasteiger partial charge is 0.268 e. The fraction of sp³-hybridized carbons (Fsp3) is 0.250. The Labute approximate surface area is 162 Å². The van der Waals surface area contributed by atoms with Crippen LogP contribution in [0.15, 0.2) is 48.9 Å². The highest BCUT2D eigenvalue weighted by Crippen LogP contribution is 2.22. The van der Waals surface area contributed by atoms with Crippen LogP contribution in [0.25, 0.3) is 11.3 Å². The number of carbonyl (C=O) groups excluding carboxylic acids is 1. The van der Waals surface area contributed by atoms with Crippen molar-refractivity contribution in [3.63, 3.8) is 0 Å². The second kappa shape index (κ2) is 8.31. The summed E-state index contributed by atoms with van der Waals surface area (Å²) in [6.07, 6.45) is 4.28. The van der Waals surface area contributed by atoms with E-state index in [2.05, 4.69) is 26.5 Å². The van der Waals surface area contributed by atoms with Gasteiger partial charge in [-0.1, -0.05) is 26.0 Å². The van der Waals surface area contributed by atoms with Crippen LogP contribution in [0.1, 0.15) is 19.4 Å². The number of benzene rings is 1. The Morgan fingerprint density at radius 1 is 1.29 bits per heavy atom. The van der Waals surface area contributed by atoms with E-state index in [4.69, 9.17) is 4.74 Å². The van der Waals surface area contributed by atoms with Crippen LogP contribution in [0.5, 0.6) is 5.75 Å². The number of nitriles is 1. The molecule has 1 N–H and O–H groups in total. The van der Waals surface area contributed by atoms with Crippen molar-refractivity contribution in [1.29, 1.82) is 5.26 Å². The average molecular weight is 376 g/mol. The molecule has 3 rings (SSSR count). The van der Waals surface area contributed by atoms with E-state index < -0.39 is 6.10 Å². The molecule has 0 saturated carbocycles. The van der Waals surface area contributed by atoms with Crippen molar-refractivity contribution < 1.29 is 9.53 Å². The molecule has 0 radical (unpaired) electrons. The van der Waals surface area contributed by atoms with Gasteiger partial charge in [-0.2, -0.15) is 10.4 Å². The summed E-state index contributed by atoms with van der Waals surface area (Å²) in [4.78, 5) is 21.3. The van der Waals surface area contributed by atoms with Crippen LogP contribution in [0.3, 0.4) is 0 Å². The first-order valence-corrected chi connectivity index (χ1v) is 8.76. The first-order valence-electron chi connectivity index (χ1n) is 8.76. The third-order valence-corrected chi connectivity index (χ3v) is 4.02. The molecule has 2 aromatic heterocycles. The Bertz CT molecular complexity index is 1020. The maximum absolute atomic E-state index is 12.8. The summed E-state index contributed by atoms with van der Waals surface area (Å²) in [6, 6.07) is 10.6. The van der Waals surface area contributed by atoms with Gasteiger partial charge < -0.3 is 4.74 Å². The Balaban J connectivity index is 1.79. The van der Waals surface area contributed by atoms with Crippen LogP contribution in [0.4, 0.5) is 5.95 Å². The van der Waals surface area contributed by atoms with Crippen molar-refractivity contribution in [3.05, 3.63) is 54.5 Å². The van der Waals surface area contributed by atoms with Gasteiger partial charge in [-0.05, 0) is 24.1 Å². The molecule has 0 saturated heterocycles. The normalized spacial score (nSPS) is 11.7. The second-order valence-electron chi connectivity index (χ2n) is 6.55. The molecule has 0 spiro atoms. The molecule has 142 valence electrons. The fourth-order valence-corrected chi connectivity index (χ4v) is 2.61. The number of aryl methyl sites for hydroxylation is 1. The van der Waals surface area contributed by atoms with E-state index in [-0.39, 0.29) is 17.8 Å². The fourth-order valence-electron chi connectivity index (χ4n) is 2.61. The molecule has 0 bridgehead atoms. The first-order chi connectivity index (χ1) is 13.5. The summed E-state index contributed by atoms with van der Waals surface area (Å²) in [5, 5.41) is 16.0. The van der Waals surface area contributed by atoms with Crippen molar-refractivity contribution >= 4 is 11.9 Å². The van der Waals surface area contributed by atoms with Gasteiger partial charge in [0.2, 0.25) is 5.95 Å². The van der Waals surface area contributed by atoms with Gasteiger partial charge in [-0.15, -0.1) is 0 Å². The lowest BCUT2D eigenvalue weighted by molar-refractivity contribution is -0.124. The lowest BCUT2D eigenvalue weighted by atomic mass is 10.1. The molecule has 0 aliphatic carbocycles. The zero-order chi connectivity index (χ0) is 20.1. The van der Waals surface area contributed by atoms with Crippen LogP contribution >= 0.6 is 0 Å². The molecule has 8 nitrogen and oxygen atoms in total. The van der Waals surface area contributed by atoms with E-state index in [1.807, 2.05) is 27.1 Å². The molecule has 2 heterocycles. The molecule has 1 aromatic carbocycles. The molecule has 1 amide bonds. The van der Waals surface area contributed by atoms with Gasteiger partial charge in [-0.3, -0.25) is 14.8 Å². The predicted octanol–water partition coefficient (Wildman–Crippen LogP) is 2.79. The van der Waals surface area contributed by atoms with Crippen LogP contribution in [-0.2, 0) is 11.8 Å². The number of para-hydroxylation sites is 1. The quantitative estimate of drug-likeness (QED) is 0.709. The minimum Gasteiger partial charge on any atom is -0.479 e. The molecule has 1 unspecified atom stereocenters. The number of anilines is 1. The van der Waals surface area contributed by atoms with Crippen molar-refractivity contribution in [1.82, 2.24) is 19.7 Å². The van der Waals surface area contributed by atoms with Gasteiger partial charge in [0.25, 0.3) is 5.91 Å². The number of amides is 1. The maximum atomic E-state index is 12.8. The van der Waals surface area contributed by atoms with Crippen LogP contribution in [0, 0.1) is 17.2 Å². The number of hydrogen-bond donors (Lipinski definition) is 1. The summed E-state index contributed by atoms with van der Waals surface area (Å²) in [6.45, 7) is 3.73. The molecule has 1 atom stereocenters. The molecule has 0 aliphatic heterocycles. The highest BCUT2D eigenvalue weighted by molar-refractivity contribution is 5.93. The number of nitrogens with zero attached hydrogens (tertiary/aromatic N) is 5. The largest absolute Gasteiger partial charge is 0.479 e. The van der Waals surface area contributed by atoms with Gasteiger partial charge in [-0.25, -0.2) is 9.97 Å². The minimum atomic E-state index is -0.805. The molecular formula is C20H20N6O2. The number of rotatable bonds is 6. The van der Waals surface area contributed by atoms with Gasteiger partial charge in [0.1, 0.15) is 11.8 Å². The lowest BCUT2D eigenvalue weighted by Crippen LogP contribution is -2.37. The lowest BCUT2D eigenvalue weighted by Gasteiger charge is -2.22. The van der Waals surface area contributed by atoms with Gasteiger partial charge in [0, 0.05) is 25.0 Å². The topological polar surface area (TPSA) is 106 Å². The Morgan fingerprint density at radius 3 is 2.75 bits per heavy atom. The van der Waals surface area contributed by atoms with Gasteiger partial charge in [0.15, 0.2) is 6.10 Å². The Kier molecular flexibility index (Phi) is 5.65. The van der Waals surface area contributed by atoms with Gasteiger partial charge >= 0.3 is 0 Å². The van der Waals surface area contributed by atoms with Crippen LogP contribution in [-0.4, -0.2) is 31.8 Å². The van der Waals surface area contributed by atoms with Crippen molar-refractivity contribution in [2.24, 2.45) is 13.0 Å². The van der Waals surface area contributed by atoms with E-state index in [0.29, 0.717) is 17.0 Å². The number of ether oxygens (including phenoxy) is 1. The zero-order valence-corrected chi connectivity index (χ0v) is 15.8. The Hall–Kier alpha value is -3.73. The van der Waals surface area contributed by atoms with E-state index in [1.165, 1.54) is 0 Å². The minimum absolute atomic E-state index is 0.131. The van der Waals surface area contributed by atoms with Crippen LogP contribution in [0.2, 0.25) is 0 Å². The zero-order valence-electron chi connectivity index (χ0n) is 15.8. The summed E-state index contributed by atoms with van der Waals surface area (Å²) >= 11 is 0. The van der Waals surface area contributed by atoms with Crippen LogP contribution < -0.4 is 10.1 Å². The van der Waals surface area contributed by atoms with E-state index >= 15 is 0 Å². The summed E-state index contributed by atoms with van der Waals surface area (Å²) < 4.78 is 7.52. The summed E-state index contributed by atoms with van der Waals surface area (Å²) in [5.74, 6) is 0.0254. The molecule has 0 aliphatic rings. The standard InChI is InChI=1S/C20H20N6O2/c1-13(2)18(28-17-7-5-4-6-14(17)10-21)19(27)25-20-22-9-8-16(24-20)15-11-23-26(3)12-15/h4-9,11-13,18H,1-3H3,(H,22,24,25,27). The van der Waals surface area contributed by atoms with Crippen molar-refractivity contribution in [3.8, 4) is 23.1 Å². The molecule has 0 fully saturated rings. The summed E-state index contributed by atoms with van der Waals surface area (Å²) in [7, 11) is 1.82. The van der Waals surface area contributed by atoms with E-state index in [9.17, 15) is 10.1 Å². The number of carbonyl (C=O) groups is 1. The molecule has 28 heavy (non-hydrogen) atoms. The number of aromatic nitrogens is 4. The molecular weight excluding hydrogens is 356 g/mol. The summed E-state index contributed by atoms with van der Waals surface area (Å²) in [5.41, 5.74) is 1.84. The number of nitrogens with one attached hydrogen (secondary N) is 1. The van der Waals surface area contributed by atoms with E-state index in [1.54, 1.807) is 47.4 Å². The highest BCUT2D eigenvalue weighted by Gasteiger charge is 2.26. The molecule has 8 heteroatoms. The third kappa shape index (κ3) is 4.32. The third-order valence-electron chi connectivity index (χ3n) is 4.02. The Morgan fingerprint density at radius 2 is 2.07 bits per heavy atom. The second-order valence-corrected chi connectivity index (χ2v) is 6.55. The highest BCUT2D eigenvalue weighted by atomic mass is 16.5. The average Bonchev–Trinajstić information content (AvgIpc) is 3.12. The van der Waals surface area contributed by atoms with Crippen molar-refractivity contribution in [2.75, 3.05) is 5.32 Å². The SMILES string of the molecule is CC(C)C(Oc1ccccc1C#N)C(=O)Nc1nccc(-c2cnn(C)c2)n1. The number of hydrogen-bond acceptors (Lipinski definition) is 6. The molecule has 3 aromatic rings. The van der Waals surface area contributed by atoms with Gasteiger partial charge in [0.05, 0.1) is 17.5 Å². The maximum Gasteiger partial charge on any atom is 0.268 e. The van der Waals surface area contributed by atoms with Crippen molar-refractivity contribution in [2.45, 2.75) is 20.0 Å². The predicted molar refractivity (Wildman–Crippen MR) is 103 cm³/mol. The van der Waals surface area contributed by atoms with E-state index in [0.717, 1.165) is 5.56 Å². The monoisotopic (exact) mass is 376 g/mol. The first kappa shape index (κ1) is 19.0.